The summed E-state index contributed by atoms with van der Waals surface area (Å²) in [6, 6.07) is 6.58. The largest absolute Gasteiger partial charge is 0.390 e. The van der Waals surface area contributed by atoms with Crippen molar-refractivity contribution >= 4 is 0 Å². The maximum atomic E-state index is 9.44. The molecular formula is C14H24N2O. The third kappa shape index (κ3) is 4.86. The fourth-order valence-electron chi connectivity index (χ4n) is 1.80. The molecule has 0 saturated carbocycles. The van der Waals surface area contributed by atoms with Gasteiger partial charge in [0.1, 0.15) is 0 Å². The molecule has 1 unspecified atom stereocenters. The highest BCUT2D eigenvalue weighted by Crippen LogP contribution is 2.10. The van der Waals surface area contributed by atoms with Crippen molar-refractivity contribution in [3.8, 4) is 0 Å². The minimum atomic E-state index is -0.417. The molecule has 1 aromatic rings. The molecule has 0 bridgehead atoms. The maximum Gasteiger partial charge on any atom is 0.0788 e. The minimum absolute atomic E-state index is 0.327. The first-order valence-electron chi connectivity index (χ1n) is 6.15. The predicted molar refractivity (Wildman–Crippen MR) is 72.2 cm³/mol. The van der Waals surface area contributed by atoms with Crippen LogP contribution in [0.2, 0.25) is 0 Å². The second-order valence-corrected chi connectivity index (χ2v) is 4.82. The Labute approximate surface area is 104 Å². The Bertz CT molecular complexity index is 352. The fraction of sp³-hybridized carbons (Fsp3) is 0.571. The van der Waals surface area contributed by atoms with Crippen molar-refractivity contribution in [2.45, 2.75) is 26.4 Å². The van der Waals surface area contributed by atoms with E-state index in [1.807, 2.05) is 7.05 Å². The summed E-state index contributed by atoms with van der Waals surface area (Å²) in [5.74, 6) is 0. The zero-order valence-electron chi connectivity index (χ0n) is 11.1. The van der Waals surface area contributed by atoms with Crippen molar-refractivity contribution in [1.82, 2.24) is 4.90 Å². The van der Waals surface area contributed by atoms with E-state index in [-0.39, 0.29) is 0 Å². The van der Waals surface area contributed by atoms with Crippen LogP contribution in [0.1, 0.15) is 16.7 Å². The SMILES string of the molecule is Cc1ccc(CCN(C)CC(O)CN)cc1C. The number of likely N-dealkylation sites (N-methyl/N-ethyl adjacent to an activating group) is 1. The molecule has 0 spiro atoms. The van der Waals surface area contributed by atoms with E-state index < -0.39 is 6.10 Å². The molecule has 0 radical (unpaired) electrons. The van der Waals surface area contributed by atoms with Crippen LogP contribution in [0, 0.1) is 13.8 Å². The standard InChI is InChI=1S/C14H24N2O/c1-11-4-5-13(8-12(11)2)6-7-16(3)10-14(17)9-15/h4-5,8,14,17H,6-7,9-10,15H2,1-3H3. The van der Waals surface area contributed by atoms with Gasteiger partial charge in [0, 0.05) is 19.6 Å². The van der Waals surface area contributed by atoms with Crippen molar-refractivity contribution < 1.29 is 5.11 Å². The zero-order chi connectivity index (χ0) is 12.8. The molecule has 0 fully saturated rings. The van der Waals surface area contributed by atoms with Crippen LogP contribution in [0.3, 0.4) is 0 Å². The van der Waals surface area contributed by atoms with E-state index in [0.29, 0.717) is 13.1 Å². The number of nitrogens with zero attached hydrogens (tertiary/aromatic N) is 1. The Morgan fingerprint density at radius 1 is 1.29 bits per heavy atom. The third-order valence-corrected chi connectivity index (χ3v) is 3.15. The van der Waals surface area contributed by atoms with E-state index in [1.54, 1.807) is 0 Å². The molecule has 96 valence electrons. The molecule has 17 heavy (non-hydrogen) atoms. The monoisotopic (exact) mass is 236 g/mol. The van der Waals surface area contributed by atoms with Crippen molar-refractivity contribution in [3.05, 3.63) is 34.9 Å². The number of rotatable bonds is 6. The molecule has 0 aliphatic carbocycles. The maximum absolute atomic E-state index is 9.44. The fourth-order valence-corrected chi connectivity index (χ4v) is 1.80. The summed E-state index contributed by atoms with van der Waals surface area (Å²) in [4.78, 5) is 2.12. The Balaban J connectivity index is 2.42. The molecule has 1 rings (SSSR count). The summed E-state index contributed by atoms with van der Waals surface area (Å²) in [7, 11) is 2.01. The zero-order valence-corrected chi connectivity index (χ0v) is 11.1. The minimum Gasteiger partial charge on any atom is -0.390 e. The van der Waals surface area contributed by atoms with Gasteiger partial charge in [0.25, 0.3) is 0 Å². The quantitative estimate of drug-likeness (QED) is 0.777. The van der Waals surface area contributed by atoms with Crippen LogP contribution in [0.15, 0.2) is 18.2 Å². The molecule has 0 saturated heterocycles. The van der Waals surface area contributed by atoms with Crippen molar-refractivity contribution in [2.24, 2.45) is 5.73 Å². The van der Waals surface area contributed by atoms with E-state index in [2.05, 4.69) is 36.9 Å². The second-order valence-electron chi connectivity index (χ2n) is 4.82. The number of hydrogen-bond donors (Lipinski definition) is 2. The highest BCUT2D eigenvalue weighted by molar-refractivity contribution is 5.30. The normalized spacial score (nSPS) is 13.1. The van der Waals surface area contributed by atoms with Crippen molar-refractivity contribution in [2.75, 3.05) is 26.7 Å². The Morgan fingerprint density at radius 2 is 2.00 bits per heavy atom. The van der Waals surface area contributed by atoms with Gasteiger partial charge in [-0.15, -0.1) is 0 Å². The molecule has 0 aliphatic heterocycles. The van der Waals surface area contributed by atoms with Gasteiger partial charge in [-0.2, -0.15) is 0 Å². The van der Waals surface area contributed by atoms with Crippen LogP contribution in [0.25, 0.3) is 0 Å². The molecule has 1 atom stereocenters. The van der Waals surface area contributed by atoms with Gasteiger partial charge in [-0.25, -0.2) is 0 Å². The van der Waals surface area contributed by atoms with E-state index in [0.717, 1.165) is 13.0 Å². The first-order chi connectivity index (χ1) is 8.02. The number of aryl methyl sites for hydroxylation is 2. The van der Waals surface area contributed by atoms with Crippen LogP contribution in [0.5, 0.6) is 0 Å². The van der Waals surface area contributed by atoms with Crippen LogP contribution >= 0.6 is 0 Å². The van der Waals surface area contributed by atoms with Gasteiger partial charge >= 0.3 is 0 Å². The van der Waals surface area contributed by atoms with Crippen LogP contribution < -0.4 is 5.73 Å². The average molecular weight is 236 g/mol. The smallest absolute Gasteiger partial charge is 0.0788 e. The number of aliphatic hydroxyl groups is 1. The lowest BCUT2D eigenvalue weighted by atomic mass is 10.0. The lowest BCUT2D eigenvalue weighted by molar-refractivity contribution is 0.133. The topological polar surface area (TPSA) is 49.5 Å². The predicted octanol–water partition coefficient (Wildman–Crippen LogP) is 1.10. The van der Waals surface area contributed by atoms with Gasteiger partial charge in [0.05, 0.1) is 6.10 Å². The molecule has 1 aromatic carbocycles. The molecule has 3 nitrogen and oxygen atoms in total. The van der Waals surface area contributed by atoms with Gasteiger partial charge in [0.2, 0.25) is 0 Å². The van der Waals surface area contributed by atoms with E-state index in [4.69, 9.17) is 5.73 Å². The van der Waals surface area contributed by atoms with E-state index in [1.165, 1.54) is 16.7 Å². The molecule has 0 amide bonds. The molecule has 0 heterocycles. The van der Waals surface area contributed by atoms with Crippen LogP contribution in [0.4, 0.5) is 0 Å². The molecular weight excluding hydrogens is 212 g/mol. The van der Waals surface area contributed by atoms with Gasteiger partial charge in [0.15, 0.2) is 0 Å². The first kappa shape index (κ1) is 14.2. The number of aliphatic hydroxyl groups excluding tert-OH is 1. The van der Waals surface area contributed by atoms with Crippen molar-refractivity contribution in [1.29, 1.82) is 0 Å². The Kier molecular flexibility index (Phi) is 5.62. The molecule has 0 aromatic heterocycles. The first-order valence-corrected chi connectivity index (χ1v) is 6.15. The summed E-state index contributed by atoms with van der Waals surface area (Å²) in [5.41, 5.74) is 9.41. The van der Waals surface area contributed by atoms with Gasteiger partial charge < -0.3 is 15.7 Å². The number of nitrogens with two attached hydrogens (primary N) is 1. The van der Waals surface area contributed by atoms with Crippen LogP contribution in [-0.4, -0.2) is 42.8 Å². The van der Waals surface area contributed by atoms with Gasteiger partial charge in [-0.1, -0.05) is 18.2 Å². The summed E-state index contributed by atoms with van der Waals surface area (Å²) < 4.78 is 0. The lowest BCUT2D eigenvalue weighted by Crippen LogP contribution is -2.35. The van der Waals surface area contributed by atoms with E-state index >= 15 is 0 Å². The summed E-state index contributed by atoms with van der Waals surface area (Å²) in [6.45, 7) is 6.18. The number of benzene rings is 1. The molecule has 3 heteroatoms. The van der Waals surface area contributed by atoms with Gasteiger partial charge in [-0.3, -0.25) is 0 Å². The summed E-state index contributed by atoms with van der Waals surface area (Å²) in [6.07, 6.45) is 0.592. The van der Waals surface area contributed by atoms with Crippen LogP contribution in [-0.2, 0) is 6.42 Å². The Hall–Kier alpha value is -0.900. The highest BCUT2D eigenvalue weighted by Gasteiger charge is 2.06. The Morgan fingerprint density at radius 3 is 2.59 bits per heavy atom. The highest BCUT2D eigenvalue weighted by atomic mass is 16.3. The second kappa shape index (κ2) is 6.74. The molecule has 0 aliphatic rings. The van der Waals surface area contributed by atoms with E-state index in [9.17, 15) is 5.11 Å². The third-order valence-electron chi connectivity index (χ3n) is 3.15. The lowest BCUT2D eigenvalue weighted by Gasteiger charge is -2.19. The average Bonchev–Trinajstić information content (AvgIpc) is 2.30. The van der Waals surface area contributed by atoms with Gasteiger partial charge in [-0.05, 0) is 44.0 Å². The number of hydrogen-bond acceptors (Lipinski definition) is 3. The molecule has 3 N–H and O–H groups in total. The van der Waals surface area contributed by atoms with Crippen molar-refractivity contribution in [3.63, 3.8) is 0 Å². The summed E-state index contributed by atoms with van der Waals surface area (Å²) in [5, 5.41) is 9.44. The summed E-state index contributed by atoms with van der Waals surface area (Å²) >= 11 is 0.